The first kappa shape index (κ1) is 13.9. The molecule has 2 nitrogen and oxygen atoms in total. The molecule has 0 aromatic heterocycles. The fraction of sp³-hybridized carbons (Fsp3) is 0.467. The van der Waals surface area contributed by atoms with Crippen molar-refractivity contribution >= 4 is 6.08 Å². The standard InChI is InChI=1S/C15H22O2/c1-3-5-6-11-15(16)17-12-14-10-8-7-9-13(14)4-2/h4,7-10,15-16H,2-3,5-6,11-12H2,1H3. The van der Waals surface area contributed by atoms with Gasteiger partial charge in [-0.1, -0.05) is 56.7 Å². The Morgan fingerprint density at radius 2 is 2.12 bits per heavy atom. The van der Waals surface area contributed by atoms with E-state index in [0.717, 1.165) is 30.4 Å². The smallest absolute Gasteiger partial charge is 0.154 e. The fourth-order valence-corrected chi connectivity index (χ4v) is 1.70. The van der Waals surface area contributed by atoms with Crippen molar-refractivity contribution in [3.8, 4) is 0 Å². The molecule has 0 spiro atoms. The van der Waals surface area contributed by atoms with Gasteiger partial charge in [-0.2, -0.15) is 0 Å². The highest BCUT2D eigenvalue weighted by atomic mass is 16.6. The Labute approximate surface area is 104 Å². The Balaban J connectivity index is 2.36. The third kappa shape index (κ3) is 5.16. The van der Waals surface area contributed by atoms with E-state index in [1.54, 1.807) is 0 Å². The highest BCUT2D eigenvalue weighted by molar-refractivity contribution is 5.51. The van der Waals surface area contributed by atoms with Gasteiger partial charge in [0.1, 0.15) is 0 Å². The van der Waals surface area contributed by atoms with Crippen LogP contribution in [0.15, 0.2) is 30.8 Å². The van der Waals surface area contributed by atoms with Crippen LogP contribution in [-0.2, 0) is 11.3 Å². The van der Waals surface area contributed by atoms with Crippen molar-refractivity contribution in [3.63, 3.8) is 0 Å². The number of aliphatic hydroxyl groups excluding tert-OH is 1. The SMILES string of the molecule is C=Cc1ccccc1COC(O)CCCCC. The summed E-state index contributed by atoms with van der Waals surface area (Å²) in [7, 11) is 0. The predicted molar refractivity (Wildman–Crippen MR) is 71.5 cm³/mol. The molecular formula is C15H22O2. The van der Waals surface area contributed by atoms with E-state index >= 15 is 0 Å². The number of hydrogen-bond donors (Lipinski definition) is 1. The lowest BCUT2D eigenvalue weighted by molar-refractivity contribution is -0.112. The Kier molecular flexibility index (Phi) is 6.60. The van der Waals surface area contributed by atoms with Crippen LogP contribution in [0, 0.1) is 0 Å². The zero-order valence-corrected chi connectivity index (χ0v) is 10.6. The van der Waals surface area contributed by atoms with Gasteiger partial charge in [-0.05, 0) is 24.0 Å². The van der Waals surface area contributed by atoms with Gasteiger partial charge in [-0.25, -0.2) is 0 Å². The number of ether oxygens (including phenoxy) is 1. The van der Waals surface area contributed by atoms with Crippen molar-refractivity contribution in [3.05, 3.63) is 42.0 Å². The van der Waals surface area contributed by atoms with E-state index in [1.165, 1.54) is 0 Å². The molecule has 0 aliphatic carbocycles. The molecule has 0 aliphatic heterocycles. The fourth-order valence-electron chi connectivity index (χ4n) is 1.70. The molecule has 1 aromatic rings. The maximum Gasteiger partial charge on any atom is 0.154 e. The number of aliphatic hydroxyl groups is 1. The first-order valence-corrected chi connectivity index (χ1v) is 6.28. The van der Waals surface area contributed by atoms with Gasteiger partial charge < -0.3 is 9.84 Å². The summed E-state index contributed by atoms with van der Waals surface area (Å²) in [5.74, 6) is 0. The minimum absolute atomic E-state index is 0.440. The zero-order chi connectivity index (χ0) is 12.5. The van der Waals surface area contributed by atoms with Gasteiger partial charge in [-0.3, -0.25) is 0 Å². The molecule has 1 rings (SSSR count). The van der Waals surface area contributed by atoms with E-state index in [1.807, 2.05) is 30.3 Å². The van der Waals surface area contributed by atoms with Crippen molar-refractivity contribution in [2.45, 2.75) is 45.5 Å². The van der Waals surface area contributed by atoms with Crippen LogP contribution >= 0.6 is 0 Å². The molecule has 0 amide bonds. The van der Waals surface area contributed by atoms with E-state index in [4.69, 9.17) is 4.74 Å². The summed E-state index contributed by atoms with van der Waals surface area (Å²) in [5, 5.41) is 9.65. The Morgan fingerprint density at radius 1 is 1.35 bits per heavy atom. The summed E-state index contributed by atoms with van der Waals surface area (Å²) in [5.41, 5.74) is 2.13. The van der Waals surface area contributed by atoms with Crippen molar-refractivity contribution in [2.75, 3.05) is 0 Å². The van der Waals surface area contributed by atoms with Gasteiger partial charge in [0.15, 0.2) is 6.29 Å². The first-order chi connectivity index (χ1) is 8.27. The minimum atomic E-state index is -0.653. The lowest BCUT2D eigenvalue weighted by atomic mass is 10.1. The van der Waals surface area contributed by atoms with Crippen LogP contribution in [-0.4, -0.2) is 11.4 Å². The molecule has 1 unspecified atom stereocenters. The predicted octanol–water partition coefficient (Wildman–Crippen LogP) is 3.74. The molecule has 1 N–H and O–H groups in total. The Bertz CT molecular complexity index is 333. The summed E-state index contributed by atoms with van der Waals surface area (Å²) in [6.45, 7) is 6.35. The number of benzene rings is 1. The number of unbranched alkanes of at least 4 members (excludes halogenated alkanes) is 2. The van der Waals surface area contributed by atoms with Crippen molar-refractivity contribution < 1.29 is 9.84 Å². The molecule has 0 heterocycles. The monoisotopic (exact) mass is 234 g/mol. The summed E-state index contributed by atoms with van der Waals surface area (Å²) < 4.78 is 5.42. The second-order valence-corrected chi connectivity index (χ2v) is 4.16. The molecule has 0 fully saturated rings. The molecule has 0 saturated carbocycles. The summed E-state index contributed by atoms with van der Waals surface area (Å²) in [6, 6.07) is 7.93. The molecule has 0 aliphatic rings. The van der Waals surface area contributed by atoms with Gasteiger partial charge in [0.2, 0.25) is 0 Å². The van der Waals surface area contributed by atoms with Crippen molar-refractivity contribution in [2.24, 2.45) is 0 Å². The third-order valence-electron chi connectivity index (χ3n) is 2.76. The third-order valence-corrected chi connectivity index (χ3v) is 2.76. The number of hydrogen-bond acceptors (Lipinski definition) is 2. The quantitative estimate of drug-likeness (QED) is 0.548. The molecule has 0 saturated heterocycles. The molecular weight excluding hydrogens is 212 g/mol. The lowest BCUT2D eigenvalue weighted by Gasteiger charge is -2.13. The summed E-state index contributed by atoms with van der Waals surface area (Å²) in [6.07, 6.45) is 5.18. The molecule has 0 bridgehead atoms. The van der Waals surface area contributed by atoms with E-state index in [-0.39, 0.29) is 0 Å². The van der Waals surface area contributed by atoms with Gasteiger partial charge in [0.05, 0.1) is 6.61 Å². The van der Waals surface area contributed by atoms with E-state index in [2.05, 4.69) is 13.5 Å². The lowest BCUT2D eigenvalue weighted by Crippen LogP contribution is -2.11. The first-order valence-electron chi connectivity index (χ1n) is 6.28. The van der Waals surface area contributed by atoms with Gasteiger partial charge >= 0.3 is 0 Å². The maximum atomic E-state index is 9.65. The molecule has 1 atom stereocenters. The van der Waals surface area contributed by atoms with E-state index in [0.29, 0.717) is 13.0 Å². The average molecular weight is 234 g/mol. The summed E-state index contributed by atoms with van der Waals surface area (Å²) in [4.78, 5) is 0. The van der Waals surface area contributed by atoms with Crippen molar-refractivity contribution in [1.29, 1.82) is 0 Å². The van der Waals surface area contributed by atoms with Crippen LogP contribution < -0.4 is 0 Å². The second-order valence-electron chi connectivity index (χ2n) is 4.16. The van der Waals surface area contributed by atoms with Crippen LogP contribution in [0.2, 0.25) is 0 Å². The van der Waals surface area contributed by atoms with Gasteiger partial charge in [-0.15, -0.1) is 0 Å². The Morgan fingerprint density at radius 3 is 2.82 bits per heavy atom. The van der Waals surface area contributed by atoms with Gasteiger partial charge in [0, 0.05) is 0 Å². The normalized spacial score (nSPS) is 12.4. The topological polar surface area (TPSA) is 29.5 Å². The summed E-state index contributed by atoms with van der Waals surface area (Å²) >= 11 is 0. The zero-order valence-electron chi connectivity index (χ0n) is 10.6. The molecule has 94 valence electrons. The highest BCUT2D eigenvalue weighted by Gasteiger charge is 2.05. The average Bonchev–Trinajstić information content (AvgIpc) is 2.37. The maximum absolute atomic E-state index is 9.65. The molecule has 17 heavy (non-hydrogen) atoms. The van der Waals surface area contributed by atoms with E-state index in [9.17, 15) is 5.11 Å². The van der Waals surface area contributed by atoms with Crippen LogP contribution in [0.3, 0.4) is 0 Å². The van der Waals surface area contributed by atoms with Crippen LogP contribution in [0.25, 0.3) is 6.08 Å². The van der Waals surface area contributed by atoms with Crippen LogP contribution in [0.5, 0.6) is 0 Å². The van der Waals surface area contributed by atoms with Crippen molar-refractivity contribution in [1.82, 2.24) is 0 Å². The van der Waals surface area contributed by atoms with E-state index < -0.39 is 6.29 Å². The van der Waals surface area contributed by atoms with Gasteiger partial charge in [0.25, 0.3) is 0 Å². The van der Waals surface area contributed by atoms with Crippen LogP contribution in [0.1, 0.15) is 43.7 Å². The Hall–Kier alpha value is -1.12. The number of rotatable bonds is 8. The van der Waals surface area contributed by atoms with Crippen LogP contribution in [0.4, 0.5) is 0 Å². The molecule has 1 aromatic carbocycles. The highest BCUT2D eigenvalue weighted by Crippen LogP contribution is 2.13. The largest absolute Gasteiger partial charge is 0.368 e. The minimum Gasteiger partial charge on any atom is -0.368 e. The molecule has 2 heteroatoms. The molecule has 0 radical (unpaired) electrons. The second kappa shape index (κ2) is 8.04.